The van der Waals surface area contributed by atoms with Crippen LogP contribution >= 0.6 is 11.6 Å². The summed E-state index contributed by atoms with van der Waals surface area (Å²) in [6.07, 6.45) is 2.12. The Morgan fingerprint density at radius 2 is 2.30 bits per heavy atom. The average Bonchev–Trinajstić information content (AvgIpc) is 2.38. The fourth-order valence-corrected chi connectivity index (χ4v) is 2.81. The first-order chi connectivity index (χ1) is 9.47. The maximum atomic E-state index is 11.1. The number of carbonyl (C=O) groups is 1. The van der Waals surface area contributed by atoms with Crippen molar-refractivity contribution in [3.8, 4) is 0 Å². The minimum Gasteiger partial charge on any atom is -0.370 e. The Balaban J connectivity index is 2.22. The molecule has 0 spiro atoms. The van der Waals surface area contributed by atoms with Crippen molar-refractivity contribution < 1.29 is 9.72 Å². The molecule has 0 saturated carbocycles. The van der Waals surface area contributed by atoms with Gasteiger partial charge in [-0.25, -0.2) is 0 Å². The Bertz CT molecular complexity index is 536. The first-order valence-electron chi connectivity index (χ1n) is 6.44. The molecule has 1 atom stereocenters. The number of piperidine rings is 1. The molecule has 1 heterocycles. The van der Waals surface area contributed by atoms with Crippen molar-refractivity contribution in [2.24, 2.45) is 11.7 Å². The Hall–Kier alpha value is -1.82. The summed E-state index contributed by atoms with van der Waals surface area (Å²) in [5, 5.41) is 11.5. The lowest BCUT2D eigenvalue weighted by Crippen LogP contribution is -2.37. The van der Waals surface area contributed by atoms with Crippen LogP contribution in [0.3, 0.4) is 0 Å². The molecule has 1 unspecified atom stereocenters. The van der Waals surface area contributed by atoms with Crippen molar-refractivity contribution in [1.82, 2.24) is 0 Å². The molecule has 0 radical (unpaired) electrons. The number of nitro benzene ring substituents is 1. The Kier molecular flexibility index (Phi) is 4.44. The summed E-state index contributed by atoms with van der Waals surface area (Å²) in [7, 11) is 0. The number of hydrogen-bond donors (Lipinski definition) is 1. The Morgan fingerprint density at radius 1 is 1.55 bits per heavy atom. The molecule has 1 amide bonds. The maximum Gasteiger partial charge on any atom is 0.294 e. The molecule has 1 aromatic carbocycles. The predicted molar refractivity (Wildman–Crippen MR) is 76.9 cm³/mol. The number of halogens is 1. The average molecular weight is 298 g/mol. The number of rotatable bonds is 4. The predicted octanol–water partition coefficient (Wildman–Crippen LogP) is 2.34. The van der Waals surface area contributed by atoms with Gasteiger partial charge in [0.25, 0.3) is 5.69 Å². The molecule has 1 aliphatic heterocycles. The molecule has 0 bridgehead atoms. The molecule has 1 saturated heterocycles. The van der Waals surface area contributed by atoms with Gasteiger partial charge in [0.05, 0.1) is 4.92 Å². The molecule has 1 aliphatic rings. The van der Waals surface area contributed by atoms with E-state index in [1.165, 1.54) is 6.07 Å². The Morgan fingerprint density at radius 3 is 2.95 bits per heavy atom. The van der Waals surface area contributed by atoms with Crippen LogP contribution in [-0.4, -0.2) is 23.9 Å². The van der Waals surface area contributed by atoms with E-state index in [4.69, 9.17) is 17.3 Å². The third kappa shape index (κ3) is 3.39. The van der Waals surface area contributed by atoms with Gasteiger partial charge in [0.15, 0.2) is 0 Å². The van der Waals surface area contributed by atoms with E-state index in [-0.39, 0.29) is 17.5 Å². The summed E-state index contributed by atoms with van der Waals surface area (Å²) < 4.78 is 0. The van der Waals surface area contributed by atoms with E-state index in [0.717, 1.165) is 19.4 Å². The highest BCUT2D eigenvalue weighted by molar-refractivity contribution is 6.30. The van der Waals surface area contributed by atoms with E-state index >= 15 is 0 Å². The Labute approximate surface area is 121 Å². The third-order valence-electron chi connectivity index (χ3n) is 3.48. The second kappa shape index (κ2) is 6.09. The number of anilines is 1. The summed E-state index contributed by atoms with van der Waals surface area (Å²) in [4.78, 5) is 23.6. The number of hydrogen-bond acceptors (Lipinski definition) is 4. The molecular weight excluding hydrogens is 282 g/mol. The van der Waals surface area contributed by atoms with Crippen LogP contribution < -0.4 is 10.6 Å². The summed E-state index contributed by atoms with van der Waals surface area (Å²) in [6, 6.07) is 4.66. The molecule has 1 fully saturated rings. The SMILES string of the molecule is NC(=O)CC1CCCN(c2ccc(Cl)cc2[N+](=O)[O-])C1. The van der Waals surface area contributed by atoms with Crippen molar-refractivity contribution in [2.45, 2.75) is 19.3 Å². The van der Waals surface area contributed by atoms with Gasteiger partial charge < -0.3 is 10.6 Å². The highest BCUT2D eigenvalue weighted by atomic mass is 35.5. The smallest absolute Gasteiger partial charge is 0.294 e. The first kappa shape index (κ1) is 14.6. The van der Waals surface area contributed by atoms with Crippen LogP contribution in [0.5, 0.6) is 0 Å². The van der Waals surface area contributed by atoms with Crippen molar-refractivity contribution in [2.75, 3.05) is 18.0 Å². The van der Waals surface area contributed by atoms with Crippen molar-refractivity contribution in [1.29, 1.82) is 0 Å². The van der Waals surface area contributed by atoms with Crippen LogP contribution in [-0.2, 0) is 4.79 Å². The molecule has 0 aliphatic carbocycles. The zero-order valence-electron chi connectivity index (χ0n) is 10.9. The van der Waals surface area contributed by atoms with Crippen LogP contribution in [0.25, 0.3) is 0 Å². The first-order valence-corrected chi connectivity index (χ1v) is 6.82. The lowest BCUT2D eigenvalue weighted by molar-refractivity contribution is -0.384. The summed E-state index contributed by atoms with van der Waals surface area (Å²) >= 11 is 5.81. The zero-order chi connectivity index (χ0) is 14.7. The molecule has 0 aromatic heterocycles. The second-order valence-corrected chi connectivity index (χ2v) is 5.45. The van der Waals surface area contributed by atoms with Crippen molar-refractivity contribution in [3.05, 3.63) is 33.3 Å². The zero-order valence-corrected chi connectivity index (χ0v) is 11.7. The van der Waals surface area contributed by atoms with E-state index in [1.54, 1.807) is 12.1 Å². The van der Waals surface area contributed by atoms with Gasteiger partial charge in [-0.3, -0.25) is 14.9 Å². The van der Waals surface area contributed by atoms with Gasteiger partial charge in [-0.1, -0.05) is 11.6 Å². The quantitative estimate of drug-likeness (QED) is 0.682. The standard InChI is InChI=1S/C13H16ClN3O3/c14-10-3-4-11(12(7-10)17(19)20)16-5-1-2-9(8-16)6-13(15)18/h3-4,7,9H,1-2,5-6,8H2,(H2,15,18). The van der Waals surface area contributed by atoms with Gasteiger partial charge >= 0.3 is 0 Å². The van der Waals surface area contributed by atoms with Gasteiger partial charge in [0, 0.05) is 30.6 Å². The number of nitrogens with two attached hydrogens (primary N) is 1. The van der Waals surface area contributed by atoms with E-state index < -0.39 is 4.92 Å². The van der Waals surface area contributed by atoms with Crippen molar-refractivity contribution in [3.63, 3.8) is 0 Å². The van der Waals surface area contributed by atoms with Crippen LogP contribution in [0.2, 0.25) is 5.02 Å². The van der Waals surface area contributed by atoms with Gasteiger partial charge in [-0.05, 0) is 30.9 Å². The number of carbonyl (C=O) groups excluding carboxylic acids is 1. The van der Waals surface area contributed by atoms with E-state index in [2.05, 4.69) is 0 Å². The van der Waals surface area contributed by atoms with Crippen molar-refractivity contribution >= 4 is 28.9 Å². The molecule has 7 heteroatoms. The third-order valence-corrected chi connectivity index (χ3v) is 3.72. The van der Waals surface area contributed by atoms with Gasteiger partial charge in [-0.15, -0.1) is 0 Å². The van der Waals surface area contributed by atoms with E-state index in [0.29, 0.717) is 23.7 Å². The number of primary amides is 1. The highest BCUT2D eigenvalue weighted by Crippen LogP contribution is 2.34. The van der Waals surface area contributed by atoms with Gasteiger partial charge in [-0.2, -0.15) is 0 Å². The highest BCUT2D eigenvalue weighted by Gasteiger charge is 2.26. The topological polar surface area (TPSA) is 89.5 Å². The number of nitro groups is 1. The van der Waals surface area contributed by atoms with Gasteiger partial charge in [0.1, 0.15) is 5.69 Å². The summed E-state index contributed by atoms with van der Waals surface area (Å²) in [6.45, 7) is 1.34. The minimum absolute atomic E-state index is 0.00257. The minimum atomic E-state index is -0.432. The summed E-state index contributed by atoms with van der Waals surface area (Å²) in [5.41, 5.74) is 5.77. The van der Waals surface area contributed by atoms with E-state index in [1.807, 2.05) is 4.90 Å². The second-order valence-electron chi connectivity index (χ2n) is 5.01. The maximum absolute atomic E-state index is 11.1. The molecule has 6 nitrogen and oxygen atoms in total. The number of amides is 1. The fourth-order valence-electron chi connectivity index (χ4n) is 2.65. The van der Waals surface area contributed by atoms with Crippen LogP contribution in [0.1, 0.15) is 19.3 Å². The molecule has 2 rings (SSSR count). The fraction of sp³-hybridized carbons (Fsp3) is 0.462. The number of nitrogens with zero attached hydrogens (tertiary/aromatic N) is 2. The monoisotopic (exact) mass is 297 g/mol. The van der Waals surface area contributed by atoms with E-state index in [9.17, 15) is 14.9 Å². The number of benzene rings is 1. The van der Waals surface area contributed by atoms with Gasteiger partial charge in [0.2, 0.25) is 5.91 Å². The van der Waals surface area contributed by atoms with Crippen LogP contribution in [0.15, 0.2) is 18.2 Å². The molecule has 20 heavy (non-hydrogen) atoms. The van der Waals surface area contributed by atoms with Crippen LogP contribution in [0.4, 0.5) is 11.4 Å². The normalized spacial score (nSPS) is 18.9. The largest absolute Gasteiger partial charge is 0.370 e. The molecule has 108 valence electrons. The molecular formula is C13H16ClN3O3. The summed E-state index contributed by atoms with van der Waals surface area (Å²) in [5.74, 6) is -0.181. The lowest BCUT2D eigenvalue weighted by atomic mass is 9.94. The molecule has 2 N–H and O–H groups in total. The molecule has 1 aromatic rings. The van der Waals surface area contributed by atoms with Crippen LogP contribution in [0, 0.1) is 16.0 Å². The lowest BCUT2D eigenvalue weighted by Gasteiger charge is -2.33.